The van der Waals surface area contributed by atoms with Crippen LogP contribution in [0.5, 0.6) is 5.75 Å². The summed E-state index contributed by atoms with van der Waals surface area (Å²) < 4.78 is 17.3. The summed E-state index contributed by atoms with van der Waals surface area (Å²) in [5.41, 5.74) is 3.43. The minimum absolute atomic E-state index is 0.531. The second-order valence-corrected chi connectivity index (χ2v) is 7.77. The van der Waals surface area contributed by atoms with Crippen molar-refractivity contribution in [1.82, 2.24) is 30.6 Å². The van der Waals surface area contributed by atoms with Crippen molar-refractivity contribution in [3.63, 3.8) is 0 Å². The van der Waals surface area contributed by atoms with Gasteiger partial charge in [-0.25, -0.2) is 9.97 Å². The van der Waals surface area contributed by atoms with Crippen molar-refractivity contribution < 1.29 is 13.9 Å². The molecule has 0 aliphatic heterocycles. The van der Waals surface area contributed by atoms with Gasteiger partial charge in [-0.1, -0.05) is 47.7 Å². The van der Waals surface area contributed by atoms with Crippen LogP contribution in [0, 0.1) is 0 Å². The maximum Gasteiger partial charge on any atom is 0.232 e. The van der Waals surface area contributed by atoms with Gasteiger partial charge in [-0.3, -0.25) is 0 Å². The molecule has 5 aromatic rings. The van der Waals surface area contributed by atoms with Gasteiger partial charge in [0, 0.05) is 30.7 Å². The molecule has 5 rings (SSSR count). The first kappa shape index (κ1) is 22.5. The van der Waals surface area contributed by atoms with Gasteiger partial charge in [0.15, 0.2) is 5.82 Å². The number of tetrazole rings is 1. The van der Waals surface area contributed by atoms with Crippen molar-refractivity contribution in [1.29, 1.82) is 0 Å². The highest BCUT2D eigenvalue weighted by molar-refractivity contribution is 6.05. The molecule has 0 bridgehead atoms. The number of anilines is 1. The van der Waals surface area contributed by atoms with Gasteiger partial charge >= 0.3 is 0 Å². The lowest BCUT2D eigenvalue weighted by molar-refractivity contribution is 0.135. The Labute approximate surface area is 201 Å². The normalized spacial score (nSPS) is 11.1. The highest BCUT2D eigenvalue weighted by atomic mass is 16.5. The molecule has 0 aliphatic carbocycles. The van der Waals surface area contributed by atoms with Crippen LogP contribution >= 0.6 is 0 Å². The summed E-state index contributed by atoms with van der Waals surface area (Å²) in [5, 5.41) is 18.1. The molecule has 0 atom stereocenters. The lowest BCUT2D eigenvalue weighted by Crippen LogP contribution is -2.09. The van der Waals surface area contributed by atoms with E-state index in [4.69, 9.17) is 13.9 Å². The van der Waals surface area contributed by atoms with Crippen molar-refractivity contribution in [3.05, 3.63) is 66.7 Å². The number of aromatic amines is 1. The molecule has 3 heterocycles. The minimum Gasteiger partial charge on any atom is -0.497 e. The molecule has 0 saturated heterocycles. The predicted molar refractivity (Wildman–Crippen MR) is 131 cm³/mol. The maximum atomic E-state index is 6.27. The van der Waals surface area contributed by atoms with Gasteiger partial charge in [0.05, 0.1) is 19.1 Å². The molecule has 0 saturated carbocycles. The van der Waals surface area contributed by atoms with Crippen LogP contribution in [0.3, 0.4) is 0 Å². The molecule has 0 amide bonds. The first-order valence-electron chi connectivity index (χ1n) is 11.3. The van der Waals surface area contributed by atoms with E-state index in [1.54, 1.807) is 7.11 Å². The summed E-state index contributed by atoms with van der Waals surface area (Å²) in [4.78, 5) is 8.94. The van der Waals surface area contributed by atoms with Crippen LogP contribution < -0.4 is 10.1 Å². The molecule has 35 heavy (non-hydrogen) atoms. The fourth-order valence-electron chi connectivity index (χ4n) is 3.83. The fraction of sp³-hybridized carbons (Fsp3) is 0.240. The molecule has 0 aliphatic rings. The third-order valence-corrected chi connectivity index (χ3v) is 5.52. The lowest BCUT2D eigenvalue weighted by atomic mass is 9.99. The molecular weight excluding hydrogens is 446 g/mol. The Morgan fingerprint density at radius 3 is 2.60 bits per heavy atom. The molecule has 10 heteroatoms. The Hall–Kier alpha value is -4.31. The number of ether oxygens (including phenoxy) is 2. The summed E-state index contributed by atoms with van der Waals surface area (Å²) in [7, 11) is 1.66. The van der Waals surface area contributed by atoms with E-state index in [0.29, 0.717) is 37.7 Å². The van der Waals surface area contributed by atoms with E-state index >= 15 is 0 Å². The van der Waals surface area contributed by atoms with E-state index in [9.17, 15) is 0 Å². The van der Waals surface area contributed by atoms with Crippen LogP contribution in [-0.2, 0) is 11.2 Å². The van der Waals surface area contributed by atoms with E-state index in [-0.39, 0.29) is 0 Å². The molecule has 0 spiro atoms. The van der Waals surface area contributed by atoms with Crippen LogP contribution in [0.15, 0.2) is 65.3 Å². The van der Waals surface area contributed by atoms with Gasteiger partial charge in [0.25, 0.3) is 0 Å². The highest BCUT2D eigenvalue weighted by Gasteiger charge is 2.22. The second kappa shape index (κ2) is 10.7. The number of hydrogen-bond acceptors (Lipinski definition) is 9. The summed E-state index contributed by atoms with van der Waals surface area (Å²) in [6.45, 7) is 1.83. The van der Waals surface area contributed by atoms with Crippen LogP contribution in [0.2, 0.25) is 0 Å². The number of fused-ring (bicyclic) bond motifs is 1. The minimum atomic E-state index is 0.531. The van der Waals surface area contributed by atoms with Crippen molar-refractivity contribution in [2.75, 3.05) is 32.2 Å². The van der Waals surface area contributed by atoms with Crippen LogP contribution in [-0.4, -0.2) is 57.5 Å². The number of benzene rings is 2. The van der Waals surface area contributed by atoms with Crippen LogP contribution in [0.25, 0.3) is 33.6 Å². The molecule has 0 unspecified atom stereocenters. The first-order chi connectivity index (χ1) is 17.3. The van der Waals surface area contributed by atoms with E-state index in [0.717, 1.165) is 45.8 Å². The number of nitrogens with one attached hydrogen (secondary N) is 2. The predicted octanol–water partition coefficient (Wildman–Crippen LogP) is 4.14. The number of methoxy groups -OCH3 is 1. The van der Waals surface area contributed by atoms with Crippen molar-refractivity contribution in [2.24, 2.45) is 0 Å². The Bertz CT molecular complexity index is 1350. The fourth-order valence-corrected chi connectivity index (χ4v) is 3.83. The third kappa shape index (κ3) is 5.12. The quantitative estimate of drug-likeness (QED) is 0.273. The van der Waals surface area contributed by atoms with Crippen molar-refractivity contribution in [2.45, 2.75) is 12.8 Å². The van der Waals surface area contributed by atoms with Crippen molar-refractivity contribution >= 4 is 16.9 Å². The zero-order valence-corrected chi connectivity index (χ0v) is 19.3. The SMILES string of the molecule is COc1ccc(-c2c(-c3ccccc3)oc3ncnc(NCCCOCCc4nn[nH]n4)c23)cc1. The van der Waals surface area contributed by atoms with E-state index in [2.05, 4.69) is 35.9 Å². The molecule has 0 fully saturated rings. The van der Waals surface area contributed by atoms with Gasteiger partial charge in [-0.15, -0.1) is 10.2 Å². The largest absolute Gasteiger partial charge is 0.497 e. The van der Waals surface area contributed by atoms with E-state index in [1.165, 1.54) is 6.33 Å². The number of furan rings is 1. The number of nitrogens with zero attached hydrogens (tertiary/aromatic N) is 5. The smallest absolute Gasteiger partial charge is 0.232 e. The Balaban J connectivity index is 1.37. The summed E-state index contributed by atoms with van der Waals surface area (Å²) in [6, 6.07) is 17.9. The molecule has 0 radical (unpaired) electrons. The molecular formula is C25H25N7O3. The molecule has 2 aromatic carbocycles. The number of rotatable bonds is 11. The topological polar surface area (TPSA) is 124 Å². The van der Waals surface area contributed by atoms with Crippen molar-refractivity contribution in [3.8, 4) is 28.2 Å². The standard InChI is InChI=1S/C25H25N7O3/c1-33-19-10-8-17(9-11-19)21-22-24(26-13-5-14-34-15-12-20-29-31-32-30-20)27-16-28-25(22)35-23(21)18-6-3-2-4-7-18/h2-4,6-11,16H,5,12-15H2,1H3,(H,26,27,28)(H,29,30,31,32). The average molecular weight is 472 g/mol. The zero-order chi connectivity index (χ0) is 23.9. The number of H-pyrrole nitrogens is 1. The monoisotopic (exact) mass is 471 g/mol. The van der Waals surface area contributed by atoms with Gasteiger partial charge < -0.3 is 19.2 Å². The highest BCUT2D eigenvalue weighted by Crippen LogP contribution is 2.42. The lowest BCUT2D eigenvalue weighted by Gasteiger charge is -2.09. The molecule has 178 valence electrons. The van der Waals surface area contributed by atoms with Gasteiger partial charge in [-0.2, -0.15) is 5.21 Å². The van der Waals surface area contributed by atoms with E-state index < -0.39 is 0 Å². The molecule has 10 nitrogen and oxygen atoms in total. The summed E-state index contributed by atoms with van der Waals surface area (Å²) in [5.74, 6) is 2.90. The summed E-state index contributed by atoms with van der Waals surface area (Å²) >= 11 is 0. The Kier molecular flexibility index (Phi) is 6.90. The first-order valence-corrected chi connectivity index (χ1v) is 11.3. The van der Waals surface area contributed by atoms with E-state index in [1.807, 2.05) is 54.6 Å². The third-order valence-electron chi connectivity index (χ3n) is 5.52. The average Bonchev–Trinajstić information content (AvgIpc) is 3.57. The maximum absolute atomic E-state index is 6.27. The number of hydrogen-bond donors (Lipinski definition) is 2. The number of aromatic nitrogens is 6. The van der Waals surface area contributed by atoms with Gasteiger partial charge in [-0.05, 0) is 24.1 Å². The Morgan fingerprint density at radius 1 is 0.971 bits per heavy atom. The van der Waals surface area contributed by atoms with Crippen LogP contribution in [0.4, 0.5) is 5.82 Å². The zero-order valence-electron chi connectivity index (χ0n) is 19.3. The van der Waals surface area contributed by atoms with Gasteiger partial charge in [0.1, 0.15) is 23.7 Å². The van der Waals surface area contributed by atoms with Gasteiger partial charge in [0.2, 0.25) is 5.71 Å². The second-order valence-electron chi connectivity index (χ2n) is 7.77. The molecule has 2 N–H and O–H groups in total. The summed E-state index contributed by atoms with van der Waals surface area (Å²) in [6.07, 6.45) is 2.94. The van der Waals surface area contributed by atoms with Crippen LogP contribution in [0.1, 0.15) is 12.2 Å². The molecule has 3 aromatic heterocycles. The Morgan fingerprint density at radius 2 is 1.83 bits per heavy atom.